The summed E-state index contributed by atoms with van der Waals surface area (Å²) in [5.41, 5.74) is 3.40. The first-order chi connectivity index (χ1) is 12.8. The van der Waals surface area contributed by atoms with Gasteiger partial charge in [0.25, 0.3) is 5.91 Å². The van der Waals surface area contributed by atoms with Gasteiger partial charge < -0.3 is 10.1 Å². The maximum Gasteiger partial charge on any atom is 0.306 e. The van der Waals surface area contributed by atoms with E-state index in [2.05, 4.69) is 5.32 Å². The fourth-order valence-corrected chi connectivity index (χ4v) is 2.35. The molecule has 0 unspecified atom stereocenters. The van der Waals surface area contributed by atoms with Gasteiger partial charge in [-0.1, -0.05) is 24.3 Å². The molecule has 0 aromatic heterocycles. The highest BCUT2D eigenvalue weighted by Crippen LogP contribution is 2.12. The number of aryl methyl sites for hydroxylation is 2. The highest BCUT2D eigenvalue weighted by Gasteiger charge is 2.12. The van der Waals surface area contributed by atoms with E-state index < -0.39 is 18.5 Å². The van der Waals surface area contributed by atoms with Gasteiger partial charge in [0.05, 0.1) is 6.42 Å². The molecule has 1 N–H and O–H groups in total. The molecule has 2 aromatic rings. The molecule has 2 aromatic carbocycles. The first-order valence-corrected chi connectivity index (χ1v) is 8.62. The summed E-state index contributed by atoms with van der Waals surface area (Å²) in [5, 5.41) is 2.57. The van der Waals surface area contributed by atoms with Crippen LogP contribution in [0.3, 0.4) is 0 Å². The molecule has 142 valence electrons. The van der Waals surface area contributed by atoms with E-state index in [1.165, 1.54) is 12.1 Å². The minimum atomic E-state index is -0.607. The number of ketones is 1. The molecule has 0 aliphatic carbocycles. The summed E-state index contributed by atoms with van der Waals surface area (Å²) in [5.74, 6) is -1.57. The molecule has 2 rings (SSSR count). The quantitative estimate of drug-likeness (QED) is 0.571. The van der Waals surface area contributed by atoms with E-state index in [1.807, 2.05) is 19.9 Å². The van der Waals surface area contributed by atoms with Crippen LogP contribution in [0, 0.1) is 19.7 Å². The van der Waals surface area contributed by atoms with Crippen molar-refractivity contribution in [3.63, 3.8) is 0 Å². The topological polar surface area (TPSA) is 72.5 Å². The number of nitrogens with one attached hydrogen (secondary N) is 1. The lowest BCUT2D eigenvalue weighted by atomic mass is 10.0. The van der Waals surface area contributed by atoms with E-state index in [9.17, 15) is 18.8 Å². The summed E-state index contributed by atoms with van der Waals surface area (Å²) in [4.78, 5) is 35.5. The highest BCUT2D eigenvalue weighted by atomic mass is 19.1. The van der Waals surface area contributed by atoms with Crippen molar-refractivity contribution in [1.29, 1.82) is 0 Å². The van der Waals surface area contributed by atoms with Crippen molar-refractivity contribution in [2.75, 3.05) is 6.61 Å². The van der Waals surface area contributed by atoms with E-state index in [1.54, 1.807) is 24.3 Å². The third-order valence-electron chi connectivity index (χ3n) is 4.15. The maximum atomic E-state index is 12.8. The van der Waals surface area contributed by atoms with E-state index in [4.69, 9.17) is 4.74 Å². The number of benzene rings is 2. The van der Waals surface area contributed by atoms with Crippen LogP contribution < -0.4 is 5.32 Å². The van der Waals surface area contributed by atoms with Gasteiger partial charge in [0.15, 0.2) is 12.4 Å². The van der Waals surface area contributed by atoms with Crippen molar-refractivity contribution in [2.45, 2.75) is 33.2 Å². The normalized spacial score (nSPS) is 10.3. The zero-order valence-electron chi connectivity index (χ0n) is 15.4. The molecule has 0 atom stereocenters. The second kappa shape index (κ2) is 9.62. The Bertz CT molecular complexity index is 831. The summed E-state index contributed by atoms with van der Waals surface area (Å²) in [6.45, 7) is 3.67. The van der Waals surface area contributed by atoms with Crippen LogP contribution in [0.1, 0.15) is 39.9 Å². The second-order valence-corrected chi connectivity index (χ2v) is 6.29. The summed E-state index contributed by atoms with van der Waals surface area (Å²) < 4.78 is 17.7. The zero-order chi connectivity index (χ0) is 19.8. The van der Waals surface area contributed by atoms with Gasteiger partial charge in [-0.2, -0.15) is 0 Å². The molecule has 0 heterocycles. The Balaban J connectivity index is 1.69. The number of amides is 1. The molecule has 0 aliphatic rings. The average molecular weight is 371 g/mol. The third kappa shape index (κ3) is 6.66. The second-order valence-electron chi connectivity index (χ2n) is 6.29. The van der Waals surface area contributed by atoms with Crippen molar-refractivity contribution in [2.24, 2.45) is 0 Å². The Morgan fingerprint density at radius 2 is 1.67 bits per heavy atom. The van der Waals surface area contributed by atoms with Gasteiger partial charge in [-0.15, -0.1) is 0 Å². The van der Waals surface area contributed by atoms with Crippen LogP contribution in [0.15, 0.2) is 42.5 Å². The number of Topliss-reactive ketones (excluding diaryl/α,β-unsaturated/α-hetero) is 1. The van der Waals surface area contributed by atoms with Crippen LogP contribution in [-0.2, 0) is 20.9 Å². The van der Waals surface area contributed by atoms with Crippen LogP contribution in [0.2, 0.25) is 0 Å². The van der Waals surface area contributed by atoms with Gasteiger partial charge in [-0.25, -0.2) is 4.39 Å². The van der Waals surface area contributed by atoms with Crippen molar-refractivity contribution in [3.8, 4) is 0 Å². The largest absolute Gasteiger partial charge is 0.456 e. The van der Waals surface area contributed by atoms with E-state index in [0.29, 0.717) is 5.56 Å². The van der Waals surface area contributed by atoms with Crippen LogP contribution in [0.25, 0.3) is 0 Å². The van der Waals surface area contributed by atoms with Gasteiger partial charge in [0.2, 0.25) is 0 Å². The molecule has 0 bridgehead atoms. The Labute approximate surface area is 157 Å². The summed E-state index contributed by atoms with van der Waals surface area (Å²) in [6.07, 6.45) is -0.0600. The molecular weight excluding hydrogens is 349 g/mol. The number of hydrogen-bond acceptors (Lipinski definition) is 4. The predicted octanol–water partition coefficient (Wildman–Crippen LogP) is 3.27. The van der Waals surface area contributed by atoms with E-state index >= 15 is 0 Å². The first-order valence-electron chi connectivity index (χ1n) is 8.62. The zero-order valence-corrected chi connectivity index (χ0v) is 15.4. The van der Waals surface area contributed by atoms with E-state index in [-0.39, 0.29) is 31.0 Å². The minimum Gasteiger partial charge on any atom is -0.456 e. The minimum absolute atomic E-state index is 0.0263. The maximum absolute atomic E-state index is 12.8. The molecule has 27 heavy (non-hydrogen) atoms. The van der Waals surface area contributed by atoms with Crippen molar-refractivity contribution in [3.05, 3.63) is 70.5 Å². The molecule has 6 heteroatoms. The summed E-state index contributed by atoms with van der Waals surface area (Å²) in [7, 11) is 0. The van der Waals surface area contributed by atoms with Gasteiger partial charge in [0.1, 0.15) is 5.82 Å². The van der Waals surface area contributed by atoms with Crippen LogP contribution in [0.4, 0.5) is 4.39 Å². The smallest absolute Gasteiger partial charge is 0.306 e. The standard InChI is InChI=1S/C21H22FNO4/c1-14-3-6-17(11-15(14)2)19(24)9-10-21(26)27-13-20(25)23-12-16-4-7-18(22)8-5-16/h3-8,11H,9-10,12-13H2,1-2H3,(H,23,25). The van der Waals surface area contributed by atoms with Gasteiger partial charge in [-0.05, 0) is 48.7 Å². The highest BCUT2D eigenvalue weighted by molar-refractivity contribution is 5.97. The molecule has 5 nitrogen and oxygen atoms in total. The van der Waals surface area contributed by atoms with E-state index in [0.717, 1.165) is 16.7 Å². The van der Waals surface area contributed by atoms with Crippen molar-refractivity contribution in [1.82, 2.24) is 5.32 Å². The third-order valence-corrected chi connectivity index (χ3v) is 4.15. The van der Waals surface area contributed by atoms with Crippen LogP contribution in [-0.4, -0.2) is 24.3 Å². The lowest BCUT2D eigenvalue weighted by Gasteiger charge is -2.07. The number of halogens is 1. The number of esters is 1. The van der Waals surface area contributed by atoms with Gasteiger partial charge >= 0.3 is 5.97 Å². The number of carbonyl (C=O) groups excluding carboxylic acids is 3. The number of carbonyl (C=O) groups is 3. The van der Waals surface area contributed by atoms with Crippen molar-refractivity contribution < 1.29 is 23.5 Å². The van der Waals surface area contributed by atoms with Crippen LogP contribution in [0.5, 0.6) is 0 Å². The van der Waals surface area contributed by atoms with Gasteiger partial charge in [-0.3, -0.25) is 14.4 Å². The molecule has 0 spiro atoms. The Morgan fingerprint density at radius 1 is 0.963 bits per heavy atom. The summed E-state index contributed by atoms with van der Waals surface area (Å²) in [6, 6.07) is 11.1. The fraction of sp³-hybridized carbons (Fsp3) is 0.286. The first kappa shape index (κ1) is 20.3. The Hall–Kier alpha value is -3.02. The number of hydrogen-bond donors (Lipinski definition) is 1. The number of ether oxygens (including phenoxy) is 1. The molecular formula is C21H22FNO4. The monoisotopic (exact) mass is 371 g/mol. The van der Waals surface area contributed by atoms with Crippen LogP contribution >= 0.6 is 0 Å². The molecule has 1 amide bonds. The SMILES string of the molecule is Cc1ccc(C(=O)CCC(=O)OCC(=O)NCc2ccc(F)cc2)cc1C. The lowest BCUT2D eigenvalue weighted by Crippen LogP contribution is -2.28. The predicted molar refractivity (Wildman–Crippen MR) is 98.7 cm³/mol. The Morgan fingerprint density at radius 3 is 2.33 bits per heavy atom. The number of rotatable bonds is 8. The molecule has 0 saturated heterocycles. The Kier molecular flexibility index (Phi) is 7.23. The average Bonchev–Trinajstić information content (AvgIpc) is 2.66. The fourth-order valence-electron chi connectivity index (χ4n) is 2.35. The molecule has 0 saturated carbocycles. The van der Waals surface area contributed by atoms with Crippen molar-refractivity contribution >= 4 is 17.7 Å². The summed E-state index contributed by atoms with van der Waals surface area (Å²) >= 11 is 0. The molecule has 0 radical (unpaired) electrons. The lowest BCUT2D eigenvalue weighted by molar-refractivity contribution is -0.148. The molecule has 0 aliphatic heterocycles. The molecule has 0 fully saturated rings. The van der Waals surface area contributed by atoms with Gasteiger partial charge in [0, 0.05) is 18.5 Å².